The Morgan fingerprint density at radius 3 is 1.68 bits per heavy atom. The van der Waals surface area contributed by atoms with Crippen LogP contribution < -0.4 is 10.4 Å². The summed E-state index contributed by atoms with van der Waals surface area (Å²) in [5.74, 6) is 0. The van der Waals surface area contributed by atoms with Gasteiger partial charge >= 0.3 is 0 Å². The molecule has 0 radical (unpaired) electrons. The third-order valence-electron chi connectivity index (χ3n) is 8.74. The Morgan fingerprint density at radius 1 is 0.675 bits per heavy atom. The summed E-state index contributed by atoms with van der Waals surface area (Å²) in [6, 6.07) is 22.1. The minimum Gasteiger partial charge on any atom is -0.414 e. The van der Waals surface area contributed by atoms with Gasteiger partial charge in [-0.15, -0.1) is 0 Å². The van der Waals surface area contributed by atoms with Gasteiger partial charge in [0.1, 0.15) is 0 Å². The summed E-state index contributed by atoms with van der Waals surface area (Å²) in [5.41, 5.74) is 0. The highest BCUT2D eigenvalue weighted by Crippen LogP contribution is 2.39. The van der Waals surface area contributed by atoms with E-state index in [4.69, 9.17) is 8.85 Å². The first kappa shape index (κ1) is 34.7. The average molecular weight is 581 g/mol. The molecule has 40 heavy (non-hydrogen) atoms. The minimum atomic E-state index is -2.64. The van der Waals surface area contributed by atoms with Gasteiger partial charge in [-0.2, -0.15) is 0 Å². The molecular formula is C36H60O2Si2. The van der Waals surface area contributed by atoms with Crippen LogP contribution in [0.15, 0.2) is 72.8 Å². The maximum atomic E-state index is 7.57. The van der Waals surface area contributed by atoms with Crippen molar-refractivity contribution in [1.29, 1.82) is 0 Å². The van der Waals surface area contributed by atoms with E-state index >= 15 is 0 Å². The van der Waals surface area contributed by atoms with E-state index in [0.29, 0.717) is 6.61 Å². The van der Waals surface area contributed by atoms with Gasteiger partial charge in [0.05, 0.1) is 12.7 Å². The second-order valence-corrected chi connectivity index (χ2v) is 23.1. The second kappa shape index (κ2) is 16.2. The van der Waals surface area contributed by atoms with E-state index in [1.807, 2.05) is 0 Å². The predicted octanol–water partition coefficient (Wildman–Crippen LogP) is 10.0. The zero-order valence-electron chi connectivity index (χ0n) is 27.4. The van der Waals surface area contributed by atoms with Gasteiger partial charge in [0.2, 0.25) is 0 Å². The van der Waals surface area contributed by atoms with Crippen LogP contribution >= 0.6 is 0 Å². The minimum absolute atomic E-state index is 0.0409. The summed E-state index contributed by atoms with van der Waals surface area (Å²) in [6.45, 7) is 21.7. The maximum absolute atomic E-state index is 7.57. The van der Waals surface area contributed by atoms with Crippen LogP contribution in [0.2, 0.25) is 23.2 Å². The van der Waals surface area contributed by atoms with Crippen molar-refractivity contribution < 1.29 is 8.85 Å². The lowest BCUT2D eigenvalue weighted by Gasteiger charge is -2.46. The lowest BCUT2D eigenvalue weighted by molar-refractivity contribution is 0.105. The molecule has 0 heterocycles. The molecule has 1 atom stereocenters. The van der Waals surface area contributed by atoms with Crippen LogP contribution in [0.5, 0.6) is 0 Å². The van der Waals surface area contributed by atoms with Gasteiger partial charge in [-0.05, 0) is 59.2 Å². The van der Waals surface area contributed by atoms with Gasteiger partial charge in [-0.3, -0.25) is 0 Å². The monoisotopic (exact) mass is 580 g/mol. The Labute approximate surface area is 250 Å². The topological polar surface area (TPSA) is 18.5 Å². The molecule has 1 unspecified atom stereocenters. The van der Waals surface area contributed by atoms with Crippen LogP contribution in [0, 0.1) is 0 Å². The molecule has 2 aromatic carbocycles. The molecule has 0 aliphatic heterocycles. The summed E-state index contributed by atoms with van der Waals surface area (Å²) in [4.78, 5) is 0. The SMILES string of the molecule is CCCCCCCC/C=C\CCC(CO[Si](C)(C)C(C)(C)C)O[Si](c1ccccc1)(c1ccccc1)C(C)(C)C. The van der Waals surface area contributed by atoms with E-state index < -0.39 is 16.6 Å². The van der Waals surface area contributed by atoms with Crippen molar-refractivity contribution in [3.63, 3.8) is 0 Å². The predicted molar refractivity (Wildman–Crippen MR) is 182 cm³/mol. The highest BCUT2D eigenvalue weighted by Gasteiger charge is 2.51. The van der Waals surface area contributed by atoms with Crippen molar-refractivity contribution in [2.75, 3.05) is 6.61 Å². The average Bonchev–Trinajstić information content (AvgIpc) is 2.90. The first-order valence-electron chi connectivity index (χ1n) is 15.9. The van der Waals surface area contributed by atoms with Crippen LogP contribution in [0.3, 0.4) is 0 Å². The van der Waals surface area contributed by atoms with E-state index in [2.05, 4.69) is 134 Å². The summed E-state index contributed by atoms with van der Waals surface area (Å²) >= 11 is 0. The summed E-state index contributed by atoms with van der Waals surface area (Å²) in [6.07, 6.45) is 16.1. The van der Waals surface area contributed by atoms with Gasteiger partial charge in [-0.25, -0.2) is 0 Å². The van der Waals surface area contributed by atoms with Crippen molar-refractivity contribution in [2.24, 2.45) is 0 Å². The number of allylic oxidation sites excluding steroid dienone is 2. The maximum Gasteiger partial charge on any atom is 0.261 e. The summed E-state index contributed by atoms with van der Waals surface area (Å²) in [5, 5.41) is 2.80. The molecule has 2 rings (SSSR count). The number of hydrogen-bond acceptors (Lipinski definition) is 2. The molecule has 0 aromatic heterocycles. The van der Waals surface area contributed by atoms with Crippen LogP contribution in [0.1, 0.15) is 106 Å². The summed E-state index contributed by atoms with van der Waals surface area (Å²) < 4.78 is 14.4. The van der Waals surface area contributed by atoms with Crippen LogP contribution in [-0.4, -0.2) is 29.3 Å². The molecule has 0 bridgehead atoms. The first-order valence-corrected chi connectivity index (χ1v) is 20.7. The molecule has 0 saturated heterocycles. The molecule has 0 amide bonds. The Morgan fingerprint density at radius 2 is 1.18 bits per heavy atom. The van der Waals surface area contributed by atoms with Crippen molar-refractivity contribution in [3.8, 4) is 0 Å². The zero-order valence-corrected chi connectivity index (χ0v) is 29.4. The fourth-order valence-corrected chi connectivity index (χ4v) is 10.9. The van der Waals surface area contributed by atoms with E-state index in [-0.39, 0.29) is 16.2 Å². The third-order valence-corrected chi connectivity index (χ3v) is 18.3. The normalized spacial score (nSPS) is 14.1. The first-order chi connectivity index (χ1) is 18.8. The van der Waals surface area contributed by atoms with E-state index in [9.17, 15) is 0 Å². The van der Waals surface area contributed by atoms with Gasteiger partial charge in [0.15, 0.2) is 8.32 Å². The second-order valence-electron chi connectivity index (χ2n) is 14.1. The molecule has 0 fully saturated rings. The van der Waals surface area contributed by atoms with Crippen molar-refractivity contribution in [3.05, 3.63) is 72.8 Å². The van der Waals surface area contributed by atoms with E-state index in [1.54, 1.807) is 0 Å². The van der Waals surface area contributed by atoms with E-state index in [1.165, 1.54) is 55.3 Å². The molecule has 0 N–H and O–H groups in total. The fourth-order valence-electron chi connectivity index (χ4n) is 5.20. The molecule has 0 aliphatic rings. The molecule has 2 aromatic rings. The lowest BCUT2D eigenvalue weighted by Crippen LogP contribution is -2.68. The Kier molecular flexibility index (Phi) is 14.1. The number of hydrogen-bond donors (Lipinski definition) is 0. The number of unbranched alkanes of at least 4 members (excludes halogenated alkanes) is 6. The molecule has 0 saturated carbocycles. The highest BCUT2D eigenvalue weighted by atomic mass is 28.4. The Bertz CT molecular complexity index is 932. The molecule has 4 heteroatoms. The largest absolute Gasteiger partial charge is 0.414 e. The molecular weight excluding hydrogens is 521 g/mol. The summed E-state index contributed by atoms with van der Waals surface area (Å²) in [7, 11) is -4.55. The molecule has 0 aliphatic carbocycles. The Hall–Kier alpha value is -1.47. The van der Waals surface area contributed by atoms with Gasteiger partial charge in [0, 0.05) is 0 Å². The van der Waals surface area contributed by atoms with Crippen LogP contribution in [-0.2, 0) is 8.85 Å². The van der Waals surface area contributed by atoms with Gasteiger partial charge in [0.25, 0.3) is 8.32 Å². The highest BCUT2D eigenvalue weighted by molar-refractivity contribution is 6.99. The standard InChI is InChI=1S/C36H60O2Si2/c1-10-11-12-13-14-15-16-17-18-21-26-32(31-37-39(8,9)35(2,3)4)38-40(36(5,6)7,33-27-22-19-23-28-33)34-29-24-20-25-30-34/h17-20,22-25,27-30,32H,10-16,21,26,31H2,1-9H3/b18-17-. The fraction of sp³-hybridized carbons (Fsp3) is 0.611. The molecule has 2 nitrogen and oxygen atoms in total. The zero-order chi connectivity index (χ0) is 29.7. The van der Waals surface area contributed by atoms with Crippen molar-refractivity contribution in [1.82, 2.24) is 0 Å². The van der Waals surface area contributed by atoms with Crippen molar-refractivity contribution in [2.45, 2.75) is 136 Å². The number of benzene rings is 2. The lowest BCUT2D eigenvalue weighted by atomic mass is 10.1. The quantitative estimate of drug-likeness (QED) is 0.105. The van der Waals surface area contributed by atoms with Crippen molar-refractivity contribution >= 4 is 27.0 Å². The van der Waals surface area contributed by atoms with Gasteiger partial charge in [-0.1, -0.05) is 153 Å². The van der Waals surface area contributed by atoms with E-state index in [0.717, 1.165) is 12.8 Å². The molecule has 0 spiro atoms. The van der Waals surface area contributed by atoms with Crippen LogP contribution in [0.4, 0.5) is 0 Å². The smallest absolute Gasteiger partial charge is 0.261 e. The Balaban J connectivity index is 2.30. The van der Waals surface area contributed by atoms with Crippen LogP contribution in [0.25, 0.3) is 0 Å². The molecule has 224 valence electrons. The third kappa shape index (κ3) is 10.1. The number of rotatable bonds is 17. The van der Waals surface area contributed by atoms with Gasteiger partial charge < -0.3 is 8.85 Å².